The van der Waals surface area contributed by atoms with Gasteiger partial charge in [-0.05, 0) is 63.1 Å². The summed E-state index contributed by atoms with van der Waals surface area (Å²) >= 11 is 0. The number of fused-ring (bicyclic) bond motifs is 1. The van der Waals surface area contributed by atoms with Crippen molar-refractivity contribution in [3.8, 4) is 0 Å². The van der Waals surface area contributed by atoms with Crippen LogP contribution in [-0.4, -0.2) is 36.6 Å². The monoisotopic (exact) mass is 303 g/mol. The largest absolute Gasteiger partial charge is 0.312 e. The van der Waals surface area contributed by atoms with Crippen LogP contribution in [0.4, 0.5) is 0 Å². The molecule has 0 atom stereocenters. The minimum absolute atomic E-state index is 0. The van der Waals surface area contributed by atoms with Gasteiger partial charge in [0.15, 0.2) is 0 Å². The SMILES string of the molecule is CN1CCC(c2nccc3c2CCNC3)CC1.Cl.Cl. The van der Waals surface area contributed by atoms with E-state index < -0.39 is 0 Å². The van der Waals surface area contributed by atoms with Crippen LogP contribution in [0.1, 0.15) is 35.6 Å². The van der Waals surface area contributed by atoms with Crippen LogP contribution in [0.25, 0.3) is 0 Å². The fourth-order valence-corrected chi connectivity index (χ4v) is 3.08. The van der Waals surface area contributed by atoms with Crippen LogP contribution in [0.15, 0.2) is 12.3 Å². The number of halogens is 2. The zero-order valence-electron chi connectivity index (χ0n) is 11.4. The summed E-state index contributed by atoms with van der Waals surface area (Å²) in [6.07, 6.45) is 5.70. The van der Waals surface area contributed by atoms with E-state index >= 15 is 0 Å². The third-order valence-electron chi connectivity index (χ3n) is 4.16. The van der Waals surface area contributed by atoms with Gasteiger partial charge in [0.2, 0.25) is 0 Å². The molecule has 0 unspecified atom stereocenters. The Morgan fingerprint density at radius 3 is 2.74 bits per heavy atom. The van der Waals surface area contributed by atoms with Crippen molar-refractivity contribution in [3.05, 3.63) is 29.1 Å². The Bertz CT molecular complexity index is 404. The van der Waals surface area contributed by atoms with Gasteiger partial charge in [0, 0.05) is 24.4 Å². The van der Waals surface area contributed by atoms with Crippen molar-refractivity contribution in [1.29, 1.82) is 0 Å². The van der Waals surface area contributed by atoms with Gasteiger partial charge in [-0.15, -0.1) is 24.8 Å². The van der Waals surface area contributed by atoms with Crippen LogP contribution >= 0.6 is 24.8 Å². The second kappa shape index (κ2) is 7.44. The molecule has 1 aromatic heterocycles. The van der Waals surface area contributed by atoms with E-state index in [4.69, 9.17) is 4.98 Å². The average molecular weight is 304 g/mol. The van der Waals surface area contributed by atoms with E-state index in [1.807, 2.05) is 6.20 Å². The molecule has 0 saturated carbocycles. The van der Waals surface area contributed by atoms with Crippen LogP contribution in [-0.2, 0) is 13.0 Å². The molecule has 2 aliphatic heterocycles. The summed E-state index contributed by atoms with van der Waals surface area (Å²) in [5, 5.41) is 3.44. The number of rotatable bonds is 1. The molecule has 0 amide bonds. The molecule has 108 valence electrons. The lowest BCUT2D eigenvalue weighted by atomic mass is 9.87. The first-order valence-electron chi connectivity index (χ1n) is 6.70. The first kappa shape index (κ1) is 16.7. The van der Waals surface area contributed by atoms with Crippen molar-refractivity contribution in [2.24, 2.45) is 0 Å². The highest BCUT2D eigenvalue weighted by Crippen LogP contribution is 2.30. The van der Waals surface area contributed by atoms with Gasteiger partial charge in [-0.1, -0.05) is 0 Å². The summed E-state index contributed by atoms with van der Waals surface area (Å²) in [6.45, 7) is 4.57. The van der Waals surface area contributed by atoms with E-state index in [0.717, 1.165) is 19.5 Å². The summed E-state index contributed by atoms with van der Waals surface area (Å²) in [5.41, 5.74) is 4.41. The van der Waals surface area contributed by atoms with Crippen molar-refractivity contribution in [1.82, 2.24) is 15.2 Å². The predicted molar refractivity (Wildman–Crippen MR) is 83.6 cm³/mol. The molecule has 5 heteroatoms. The first-order valence-corrected chi connectivity index (χ1v) is 6.70. The Balaban J connectivity index is 0.000000902. The first-order chi connectivity index (χ1) is 8.34. The molecule has 0 aliphatic carbocycles. The molecule has 0 radical (unpaired) electrons. The van der Waals surface area contributed by atoms with Crippen molar-refractivity contribution in [3.63, 3.8) is 0 Å². The Labute approximate surface area is 128 Å². The van der Waals surface area contributed by atoms with E-state index in [1.165, 1.54) is 37.2 Å². The smallest absolute Gasteiger partial charge is 0.0471 e. The molecule has 3 rings (SSSR count). The van der Waals surface area contributed by atoms with Crippen LogP contribution in [0, 0.1) is 0 Å². The van der Waals surface area contributed by atoms with E-state index in [1.54, 1.807) is 5.56 Å². The molecule has 3 heterocycles. The number of hydrogen-bond acceptors (Lipinski definition) is 3. The Kier molecular flexibility index (Phi) is 6.54. The number of aromatic nitrogens is 1. The van der Waals surface area contributed by atoms with Gasteiger partial charge < -0.3 is 10.2 Å². The van der Waals surface area contributed by atoms with Gasteiger partial charge in [0.25, 0.3) is 0 Å². The van der Waals surface area contributed by atoms with Gasteiger partial charge in [-0.3, -0.25) is 4.98 Å². The van der Waals surface area contributed by atoms with Gasteiger partial charge in [0.1, 0.15) is 0 Å². The number of nitrogens with one attached hydrogen (secondary N) is 1. The molecule has 0 aromatic carbocycles. The predicted octanol–water partition coefficient (Wildman–Crippen LogP) is 2.38. The molecule has 2 aliphatic rings. The Morgan fingerprint density at radius 1 is 1.26 bits per heavy atom. The van der Waals surface area contributed by atoms with Gasteiger partial charge in [-0.2, -0.15) is 0 Å². The number of pyridine rings is 1. The van der Waals surface area contributed by atoms with E-state index in [2.05, 4.69) is 23.3 Å². The van der Waals surface area contributed by atoms with E-state index in [-0.39, 0.29) is 24.8 Å². The Hall–Kier alpha value is -0.350. The highest BCUT2D eigenvalue weighted by atomic mass is 35.5. The minimum Gasteiger partial charge on any atom is -0.312 e. The molecular formula is C14H23Cl2N3. The summed E-state index contributed by atoms with van der Waals surface area (Å²) in [5.74, 6) is 0.694. The molecule has 0 spiro atoms. The fraction of sp³-hybridized carbons (Fsp3) is 0.643. The summed E-state index contributed by atoms with van der Waals surface area (Å²) in [6, 6.07) is 2.18. The van der Waals surface area contributed by atoms with Crippen LogP contribution in [0.3, 0.4) is 0 Å². The molecule has 1 saturated heterocycles. The van der Waals surface area contributed by atoms with Gasteiger partial charge in [-0.25, -0.2) is 0 Å². The van der Waals surface area contributed by atoms with Crippen molar-refractivity contribution in [2.45, 2.75) is 31.7 Å². The average Bonchev–Trinajstić information content (AvgIpc) is 2.39. The lowest BCUT2D eigenvalue weighted by Gasteiger charge is -2.31. The topological polar surface area (TPSA) is 28.2 Å². The Morgan fingerprint density at radius 2 is 2.00 bits per heavy atom. The summed E-state index contributed by atoms with van der Waals surface area (Å²) in [4.78, 5) is 7.12. The highest BCUT2D eigenvalue weighted by molar-refractivity contribution is 5.85. The van der Waals surface area contributed by atoms with Crippen LogP contribution in [0.5, 0.6) is 0 Å². The normalized spacial score (nSPS) is 20.1. The van der Waals surface area contributed by atoms with Gasteiger partial charge in [0.05, 0.1) is 0 Å². The van der Waals surface area contributed by atoms with Gasteiger partial charge >= 0.3 is 0 Å². The zero-order valence-corrected chi connectivity index (χ0v) is 13.0. The maximum Gasteiger partial charge on any atom is 0.0471 e. The van der Waals surface area contributed by atoms with E-state index in [9.17, 15) is 0 Å². The lowest BCUT2D eigenvalue weighted by Crippen LogP contribution is -2.31. The lowest BCUT2D eigenvalue weighted by molar-refractivity contribution is 0.252. The molecule has 1 fully saturated rings. The third kappa shape index (κ3) is 3.60. The fourth-order valence-electron chi connectivity index (χ4n) is 3.08. The second-order valence-corrected chi connectivity index (χ2v) is 5.34. The number of hydrogen-bond donors (Lipinski definition) is 1. The third-order valence-corrected chi connectivity index (χ3v) is 4.16. The molecule has 0 bridgehead atoms. The molecular weight excluding hydrogens is 281 g/mol. The van der Waals surface area contributed by atoms with E-state index in [0.29, 0.717) is 5.92 Å². The minimum atomic E-state index is 0. The molecule has 1 N–H and O–H groups in total. The highest BCUT2D eigenvalue weighted by Gasteiger charge is 2.24. The number of nitrogens with zero attached hydrogens (tertiary/aromatic N) is 2. The van der Waals surface area contributed by atoms with Crippen LogP contribution in [0.2, 0.25) is 0 Å². The maximum atomic E-state index is 4.69. The summed E-state index contributed by atoms with van der Waals surface area (Å²) in [7, 11) is 2.22. The quantitative estimate of drug-likeness (QED) is 0.863. The molecule has 19 heavy (non-hydrogen) atoms. The van der Waals surface area contributed by atoms with Crippen molar-refractivity contribution >= 4 is 24.8 Å². The van der Waals surface area contributed by atoms with Crippen molar-refractivity contribution in [2.75, 3.05) is 26.7 Å². The zero-order chi connectivity index (χ0) is 11.7. The molecule has 1 aromatic rings. The second-order valence-electron chi connectivity index (χ2n) is 5.34. The standard InChI is InChI=1S/C14H21N3.2ClH/c1-17-8-4-11(5-9-17)14-13-3-6-15-10-12(13)2-7-16-14;;/h2,7,11,15H,3-6,8-10H2,1H3;2*1H. The molecule has 3 nitrogen and oxygen atoms in total. The van der Waals surface area contributed by atoms with Crippen LogP contribution < -0.4 is 5.32 Å². The summed E-state index contributed by atoms with van der Waals surface area (Å²) < 4.78 is 0. The van der Waals surface area contributed by atoms with Crippen molar-refractivity contribution < 1.29 is 0 Å². The maximum absolute atomic E-state index is 4.69. The number of likely N-dealkylation sites (tertiary alicyclic amines) is 1. The number of piperidine rings is 1.